The lowest BCUT2D eigenvalue weighted by Gasteiger charge is -2.74. The first-order valence-electron chi connectivity index (χ1n) is 12.9. The zero-order valence-electron chi connectivity index (χ0n) is 21.3. The minimum absolute atomic E-state index is 0.0870. The van der Waals surface area contributed by atoms with E-state index in [1.54, 1.807) is 20.3 Å². The van der Waals surface area contributed by atoms with Crippen molar-refractivity contribution in [1.29, 1.82) is 0 Å². The predicted octanol–water partition coefficient (Wildman–Crippen LogP) is 3.53. The van der Waals surface area contributed by atoms with Crippen LogP contribution >= 0.6 is 0 Å². The molecule has 4 bridgehead atoms. The van der Waals surface area contributed by atoms with Crippen molar-refractivity contribution in [2.24, 2.45) is 34.0 Å². The molecule has 35 heavy (non-hydrogen) atoms. The van der Waals surface area contributed by atoms with Crippen molar-refractivity contribution in [3.05, 3.63) is 36.1 Å². The lowest BCUT2D eigenvalue weighted by Crippen LogP contribution is -2.84. The van der Waals surface area contributed by atoms with Gasteiger partial charge in [-0.15, -0.1) is 6.58 Å². The Labute approximate surface area is 207 Å². The van der Waals surface area contributed by atoms with Crippen LogP contribution in [-0.2, 0) is 28.5 Å². The van der Waals surface area contributed by atoms with E-state index < -0.39 is 35.1 Å². The van der Waals surface area contributed by atoms with Crippen LogP contribution in [0, 0.1) is 34.0 Å². The fourth-order valence-corrected chi connectivity index (χ4v) is 9.59. The standard InChI is InChI=1S/C28H38O7/c1-7-12-33-19-11-8-16-13-25(3,4)20-22(30)28(32-6)27-18(26(20,14-34-28)23(16)35-19)10-9-17(24(27)31-5)15(2)21(27)29/h7,17-20,22,24,30H,1-2,8-14H2,3-6H3/t17-,18-,19+,20+,22-,24+,26-,27-,28-/m0/s1. The number of hydrogen-bond acceptors (Lipinski definition) is 7. The van der Waals surface area contributed by atoms with E-state index in [-0.39, 0.29) is 29.0 Å². The molecule has 3 saturated carbocycles. The van der Waals surface area contributed by atoms with Crippen molar-refractivity contribution >= 4 is 5.78 Å². The van der Waals surface area contributed by atoms with Gasteiger partial charge in [-0.05, 0) is 48.2 Å². The molecule has 9 atom stereocenters. The number of hydrogen-bond donors (Lipinski definition) is 1. The van der Waals surface area contributed by atoms with Crippen LogP contribution in [0.5, 0.6) is 0 Å². The number of fused-ring (bicyclic) bond motifs is 2. The smallest absolute Gasteiger partial charge is 0.210 e. The van der Waals surface area contributed by atoms with Crippen LogP contribution in [0.15, 0.2) is 36.1 Å². The molecule has 7 nitrogen and oxygen atoms in total. The number of ether oxygens (including phenoxy) is 5. The molecule has 5 fully saturated rings. The summed E-state index contributed by atoms with van der Waals surface area (Å²) < 4.78 is 31.5. The maximum absolute atomic E-state index is 14.3. The normalized spacial score (nSPS) is 49.3. The quantitative estimate of drug-likeness (QED) is 0.470. The van der Waals surface area contributed by atoms with Gasteiger partial charge in [0.1, 0.15) is 17.3 Å². The first-order valence-corrected chi connectivity index (χ1v) is 12.9. The third kappa shape index (κ3) is 2.47. The second-order valence-corrected chi connectivity index (χ2v) is 12.0. The summed E-state index contributed by atoms with van der Waals surface area (Å²) in [6, 6.07) is 0. The third-order valence-electron chi connectivity index (χ3n) is 10.4. The lowest BCUT2D eigenvalue weighted by atomic mass is 9.36. The second kappa shape index (κ2) is 7.51. The van der Waals surface area contributed by atoms with Gasteiger partial charge in [0.05, 0.1) is 24.7 Å². The Balaban J connectivity index is 1.60. The molecule has 0 aromatic carbocycles. The Kier molecular flexibility index (Phi) is 5.12. The van der Waals surface area contributed by atoms with Gasteiger partial charge < -0.3 is 28.8 Å². The summed E-state index contributed by atoms with van der Waals surface area (Å²) in [7, 11) is 3.20. The maximum atomic E-state index is 14.3. The lowest BCUT2D eigenvalue weighted by molar-refractivity contribution is -0.450. The van der Waals surface area contributed by atoms with Crippen molar-refractivity contribution in [2.75, 3.05) is 27.4 Å². The topological polar surface area (TPSA) is 83.5 Å². The summed E-state index contributed by atoms with van der Waals surface area (Å²) in [6.45, 7) is 13.1. The molecule has 0 amide bonds. The van der Waals surface area contributed by atoms with Crippen LogP contribution < -0.4 is 0 Å². The molecule has 7 aliphatic rings. The number of allylic oxidation sites excluding steroid dienone is 1. The van der Waals surface area contributed by atoms with Crippen LogP contribution in [0.2, 0.25) is 0 Å². The molecule has 4 aliphatic carbocycles. The molecule has 3 aliphatic heterocycles. The van der Waals surface area contributed by atoms with Gasteiger partial charge in [-0.1, -0.05) is 26.5 Å². The minimum atomic E-state index is -1.50. The van der Waals surface area contributed by atoms with Gasteiger partial charge in [0.25, 0.3) is 0 Å². The highest BCUT2D eigenvalue weighted by Crippen LogP contribution is 2.78. The van der Waals surface area contributed by atoms with Crippen LogP contribution in [0.3, 0.4) is 0 Å². The Morgan fingerprint density at radius 2 is 2.00 bits per heavy atom. The highest BCUT2D eigenvalue weighted by Gasteiger charge is 2.88. The molecule has 7 heteroatoms. The highest BCUT2D eigenvalue weighted by atomic mass is 16.7. The Morgan fingerprint density at radius 3 is 2.69 bits per heavy atom. The highest BCUT2D eigenvalue weighted by molar-refractivity contribution is 6.05. The molecule has 2 spiro atoms. The van der Waals surface area contributed by atoms with Gasteiger partial charge in [-0.25, -0.2) is 0 Å². The second-order valence-electron chi connectivity index (χ2n) is 12.0. The molecule has 0 radical (unpaired) electrons. The number of aliphatic hydroxyl groups excluding tert-OH is 1. The molecular formula is C28H38O7. The van der Waals surface area contributed by atoms with E-state index in [2.05, 4.69) is 27.0 Å². The number of carbonyl (C=O) groups is 1. The summed E-state index contributed by atoms with van der Waals surface area (Å²) >= 11 is 0. The van der Waals surface area contributed by atoms with Gasteiger partial charge in [0.15, 0.2) is 12.1 Å². The molecule has 0 aromatic heterocycles. The van der Waals surface area contributed by atoms with Gasteiger partial charge in [0, 0.05) is 32.5 Å². The van der Waals surface area contributed by atoms with E-state index >= 15 is 0 Å². The van der Waals surface area contributed by atoms with E-state index in [0.717, 1.165) is 37.9 Å². The van der Waals surface area contributed by atoms with Crippen molar-refractivity contribution in [2.45, 2.75) is 70.2 Å². The van der Waals surface area contributed by atoms with Crippen molar-refractivity contribution in [3.63, 3.8) is 0 Å². The average Bonchev–Trinajstić information content (AvgIpc) is 2.97. The van der Waals surface area contributed by atoms with Crippen LogP contribution in [0.4, 0.5) is 0 Å². The molecule has 0 unspecified atom stereocenters. The average molecular weight is 487 g/mol. The van der Waals surface area contributed by atoms with Crippen molar-refractivity contribution < 1.29 is 33.6 Å². The van der Waals surface area contributed by atoms with Crippen molar-refractivity contribution in [1.82, 2.24) is 0 Å². The fraction of sp³-hybridized carbons (Fsp3) is 0.750. The van der Waals surface area contributed by atoms with Gasteiger partial charge in [0.2, 0.25) is 5.79 Å². The van der Waals surface area contributed by atoms with Gasteiger partial charge in [-0.3, -0.25) is 4.79 Å². The minimum Gasteiger partial charge on any atom is -0.469 e. The number of aliphatic hydroxyl groups is 1. The summed E-state index contributed by atoms with van der Waals surface area (Å²) in [5, 5.41) is 12.2. The first kappa shape index (κ1) is 23.9. The van der Waals surface area contributed by atoms with Crippen molar-refractivity contribution in [3.8, 4) is 0 Å². The van der Waals surface area contributed by atoms with Crippen LogP contribution in [0.1, 0.15) is 46.0 Å². The molecule has 1 N–H and O–H groups in total. The molecule has 2 saturated heterocycles. The van der Waals surface area contributed by atoms with E-state index in [4.69, 9.17) is 23.7 Å². The SMILES string of the molecule is C=CCO[C@H]1CCC2=C(O1)[C@]13CO[C@@](OC)([C@@H](O)[C@@H]1C(C)(C)C2)[C@]12C(=O)C(=C)[C@H](CC[C@@H]31)[C@H]2OC. The largest absolute Gasteiger partial charge is 0.469 e. The Morgan fingerprint density at radius 1 is 1.23 bits per heavy atom. The summed E-state index contributed by atoms with van der Waals surface area (Å²) in [5.41, 5.74) is -0.302. The number of rotatable bonds is 5. The van der Waals surface area contributed by atoms with Gasteiger partial charge >= 0.3 is 0 Å². The third-order valence-corrected chi connectivity index (χ3v) is 10.4. The molecule has 7 rings (SSSR count). The fourth-order valence-electron chi connectivity index (χ4n) is 9.59. The van der Waals surface area contributed by atoms with E-state index in [9.17, 15) is 9.90 Å². The summed E-state index contributed by atoms with van der Waals surface area (Å²) in [6.07, 6.45) is 3.86. The van der Waals surface area contributed by atoms with Gasteiger partial charge in [-0.2, -0.15) is 0 Å². The molecular weight excluding hydrogens is 448 g/mol. The maximum Gasteiger partial charge on any atom is 0.210 e. The summed E-state index contributed by atoms with van der Waals surface area (Å²) in [4.78, 5) is 14.3. The monoisotopic (exact) mass is 486 g/mol. The molecule has 3 heterocycles. The van der Waals surface area contributed by atoms with E-state index in [1.165, 1.54) is 5.57 Å². The number of Topliss-reactive ketones (excluding diaryl/α,β-unsaturated/α-hetero) is 1. The molecule has 0 aromatic rings. The van der Waals surface area contributed by atoms with Crippen LogP contribution in [-0.4, -0.2) is 62.6 Å². The number of ketones is 1. The summed E-state index contributed by atoms with van der Waals surface area (Å²) in [5.74, 6) is -1.21. The van der Waals surface area contributed by atoms with E-state index in [0.29, 0.717) is 18.8 Å². The van der Waals surface area contributed by atoms with E-state index in [1.807, 2.05) is 0 Å². The Hall–Kier alpha value is -1.51. The zero-order chi connectivity index (χ0) is 25.0. The number of methoxy groups -OCH3 is 2. The zero-order valence-corrected chi connectivity index (χ0v) is 21.3. The number of carbonyl (C=O) groups excluding carboxylic acids is 1. The predicted molar refractivity (Wildman–Crippen MR) is 127 cm³/mol. The first-order chi connectivity index (χ1) is 16.7. The van der Waals surface area contributed by atoms with Crippen LogP contribution in [0.25, 0.3) is 0 Å². The Bertz CT molecular complexity index is 1010. The molecule has 192 valence electrons.